The van der Waals surface area contributed by atoms with E-state index in [0.29, 0.717) is 12.1 Å². The number of rotatable bonds is 5. The van der Waals surface area contributed by atoms with Crippen LogP contribution >= 0.6 is 0 Å². The average molecular weight is 262 g/mol. The minimum atomic E-state index is -0.528. The van der Waals surface area contributed by atoms with Crippen LogP contribution in [0.15, 0.2) is 18.2 Å². The van der Waals surface area contributed by atoms with Gasteiger partial charge in [0.15, 0.2) is 0 Å². The SMILES string of the molecule is CCCNC(=O)C(C)NC(=O)c1cc(C)cc(C)c1. The molecule has 0 bridgehead atoms. The van der Waals surface area contributed by atoms with Gasteiger partial charge < -0.3 is 10.6 Å². The van der Waals surface area contributed by atoms with Gasteiger partial charge in [-0.3, -0.25) is 9.59 Å². The normalized spacial score (nSPS) is 11.8. The predicted molar refractivity (Wildman–Crippen MR) is 76.1 cm³/mol. The lowest BCUT2D eigenvalue weighted by Crippen LogP contribution is -2.45. The minimum absolute atomic E-state index is 0.153. The van der Waals surface area contributed by atoms with Crippen LogP contribution in [-0.4, -0.2) is 24.4 Å². The van der Waals surface area contributed by atoms with Crippen molar-refractivity contribution >= 4 is 11.8 Å². The zero-order chi connectivity index (χ0) is 14.4. The van der Waals surface area contributed by atoms with Gasteiger partial charge in [-0.15, -0.1) is 0 Å². The number of benzene rings is 1. The van der Waals surface area contributed by atoms with Gasteiger partial charge in [0.05, 0.1) is 0 Å². The maximum Gasteiger partial charge on any atom is 0.251 e. The molecule has 0 aliphatic rings. The second kappa shape index (κ2) is 6.92. The molecule has 1 atom stereocenters. The summed E-state index contributed by atoms with van der Waals surface area (Å²) >= 11 is 0. The van der Waals surface area contributed by atoms with Gasteiger partial charge in [-0.1, -0.05) is 24.1 Å². The summed E-state index contributed by atoms with van der Waals surface area (Å²) in [4.78, 5) is 23.7. The van der Waals surface area contributed by atoms with Crippen LogP contribution in [0.5, 0.6) is 0 Å². The first kappa shape index (κ1) is 15.2. The monoisotopic (exact) mass is 262 g/mol. The standard InChI is InChI=1S/C15H22N2O2/c1-5-6-16-14(18)12(4)17-15(19)13-8-10(2)7-11(3)9-13/h7-9,12H,5-6H2,1-4H3,(H,16,18)(H,17,19). The highest BCUT2D eigenvalue weighted by molar-refractivity contribution is 5.97. The maximum atomic E-state index is 12.0. The quantitative estimate of drug-likeness (QED) is 0.852. The smallest absolute Gasteiger partial charge is 0.251 e. The number of aryl methyl sites for hydroxylation is 2. The van der Waals surface area contributed by atoms with E-state index in [1.54, 1.807) is 6.92 Å². The molecule has 1 aromatic rings. The van der Waals surface area contributed by atoms with E-state index in [0.717, 1.165) is 17.5 Å². The first-order chi connectivity index (χ1) is 8.93. The largest absolute Gasteiger partial charge is 0.354 e. The Morgan fingerprint density at radius 3 is 2.26 bits per heavy atom. The number of nitrogens with one attached hydrogen (secondary N) is 2. The van der Waals surface area contributed by atoms with Gasteiger partial charge in [0, 0.05) is 12.1 Å². The Bertz CT molecular complexity index is 449. The molecule has 0 fully saturated rings. The molecule has 1 rings (SSSR count). The molecule has 0 aliphatic heterocycles. The Balaban J connectivity index is 2.66. The Labute approximate surface area is 114 Å². The highest BCUT2D eigenvalue weighted by Crippen LogP contribution is 2.08. The van der Waals surface area contributed by atoms with Crippen molar-refractivity contribution in [3.63, 3.8) is 0 Å². The maximum absolute atomic E-state index is 12.0. The molecule has 19 heavy (non-hydrogen) atoms. The third-order valence-corrected chi connectivity index (χ3v) is 2.77. The Hall–Kier alpha value is -1.84. The second-order valence-corrected chi connectivity index (χ2v) is 4.86. The molecule has 2 amide bonds. The van der Waals surface area contributed by atoms with Crippen LogP contribution in [0.1, 0.15) is 41.8 Å². The lowest BCUT2D eigenvalue weighted by molar-refractivity contribution is -0.122. The van der Waals surface area contributed by atoms with E-state index in [4.69, 9.17) is 0 Å². The molecular formula is C15H22N2O2. The van der Waals surface area contributed by atoms with Crippen molar-refractivity contribution in [2.45, 2.75) is 40.2 Å². The van der Waals surface area contributed by atoms with E-state index >= 15 is 0 Å². The highest BCUT2D eigenvalue weighted by Gasteiger charge is 2.16. The van der Waals surface area contributed by atoms with E-state index in [-0.39, 0.29) is 11.8 Å². The molecule has 104 valence electrons. The first-order valence-electron chi connectivity index (χ1n) is 6.61. The Kier molecular flexibility index (Phi) is 5.55. The van der Waals surface area contributed by atoms with Gasteiger partial charge in [-0.05, 0) is 39.3 Å². The van der Waals surface area contributed by atoms with Gasteiger partial charge in [-0.2, -0.15) is 0 Å². The van der Waals surface area contributed by atoms with E-state index < -0.39 is 6.04 Å². The topological polar surface area (TPSA) is 58.2 Å². The van der Waals surface area contributed by atoms with Crippen LogP contribution in [-0.2, 0) is 4.79 Å². The molecule has 0 spiro atoms. The van der Waals surface area contributed by atoms with Crippen molar-refractivity contribution in [1.29, 1.82) is 0 Å². The Morgan fingerprint density at radius 2 is 1.74 bits per heavy atom. The van der Waals surface area contributed by atoms with Gasteiger partial charge in [0.25, 0.3) is 5.91 Å². The number of hydrogen-bond acceptors (Lipinski definition) is 2. The van der Waals surface area contributed by atoms with Gasteiger partial charge in [0.1, 0.15) is 6.04 Å². The summed E-state index contributed by atoms with van der Waals surface area (Å²) in [6.45, 7) is 8.19. The number of amides is 2. The molecule has 1 aromatic carbocycles. The zero-order valence-electron chi connectivity index (χ0n) is 12.0. The summed E-state index contributed by atoms with van der Waals surface area (Å²) in [6.07, 6.45) is 0.878. The van der Waals surface area contributed by atoms with Crippen molar-refractivity contribution in [3.8, 4) is 0 Å². The summed E-state index contributed by atoms with van der Waals surface area (Å²) < 4.78 is 0. The van der Waals surface area contributed by atoms with E-state index in [1.807, 2.05) is 39.0 Å². The molecule has 4 heteroatoms. The molecule has 1 unspecified atom stereocenters. The lowest BCUT2D eigenvalue weighted by atomic mass is 10.1. The third kappa shape index (κ3) is 4.73. The van der Waals surface area contributed by atoms with Gasteiger partial charge in [-0.25, -0.2) is 0 Å². The zero-order valence-corrected chi connectivity index (χ0v) is 12.0. The fourth-order valence-electron chi connectivity index (χ4n) is 1.85. The Morgan fingerprint density at radius 1 is 1.16 bits per heavy atom. The summed E-state index contributed by atoms with van der Waals surface area (Å²) in [7, 11) is 0. The summed E-state index contributed by atoms with van der Waals surface area (Å²) in [5.74, 6) is -0.370. The molecule has 2 N–H and O–H groups in total. The third-order valence-electron chi connectivity index (χ3n) is 2.77. The van der Waals surface area contributed by atoms with Crippen molar-refractivity contribution in [2.24, 2.45) is 0 Å². The van der Waals surface area contributed by atoms with E-state index in [9.17, 15) is 9.59 Å². The van der Waals surface area contributed by atoms with E-state index in [1.165, 1.54) is 0 Å². The molecule has 0 saturated heterocycles. The van der Waals surface area contributed by atoms with Crippen LogP contribution in [0.4, 0.5) is 0 Å². The van der Waals surface area contributed by atoms with Crippen molar-refractivity contribution in [3.05, 3.63) is 34.9 Å². The fraction of sp³-hybridized carbons (Fsp3) is 0.467. The number of hydrogen-bond donors (Lipinski definition) is 2. The first-order valence-corrected chi connectivity index (χ1v) is 6.61. The molecule has 0 aromatic heterocycles. The van der Waals surface area contributed by atoms with Crippen LogP contribution in [0, 0.1) is 13.8 Å². The van der Waals surface area contributed by atoms with Crippen molar-refractivity contribution in [1.82, 2.24) is 10.6 Å². The predicted octanol–water partition coefficient (Wildman–Crippen LogP) is 1.95. The van der Waals surface area contributed by atoms with E-state index in [2.05, 4.69) is 10.6 Å². The molecule has 0 radical (unpaired) electrons. The lowest BCUT2D eigenvalue weighted by Gasteiger charge is -2.14. The fourth-order valence-corrected chi connectivity index (χ4v) is 1.85. The summed E-state index contributed by atoms with van der Waals surface area (Å²) in [6, 6.07) is 5.12. The second-order valence-electron chi connectivity index (χ2n) is 4.86. The molecule has 0 aliphatic carbocycles. The average Bonchev–Trinajstić information content (AvgIpc) is 2.34. The van der Waals surface area contributed by atoms with Crippen LogP contribution in [0.2, 0.25) is 0 Å². The van der Waals surface area contributed by atoms with Gasteiger partial charge >= 0.3 is 0 Å². The van der Waals surface area contributed by atoms with Crippen molar-refractivity contribution < 1.29 is 9.59 Å². The molecular weight excluding hydrogens is 240 g/mol. The summed E-state index contributed by atoms with van der Waals surface area (Å²) in [5.41, 5.74) is 2.66. The number of carbonyl (C=O) groups is 2. The van der Waals surface area contributed by atoms with Gasteiger partial charge in [0.2, 0.25) is 5.91 Å². The van der Waals surface area contributed by atoms with Crippen LogP contribution < -0.4 is 10.6 Å². The minimum Gasteiger partial charge on any atom is -0.354 e. The molecule has 0 saturated carbocycles. The van der Waals surface area contributed by atoms with Crippen LogP contribution in [0.3, 0.4) is 0 Å². The van der Waals surface area contributed by atoms with Crippen molar-refractivity contribution in [2.75, 3.05) is 6.54 Å². The summed E-state index contributed by atoms with van der Waals surface area (Å²) in [5, 5.41) is 5.47. The number of carbonyl (C=O) groups excluding carboxylic acids is 2. The molecule has 0 heterocycles. The molecule has 4 nitrogen and oxygen atoms in total. The highest BCUT2D eigenvalue weighted by atomic mass is 16.2. The van der Waals surface area contributed by atoms with Crippen LogP contribution in [0.25, 0.3) is 0 Å².